The zero-order valence-corrected chi connectivity index (χ0v) is 7.33. The van der Waals surface area contributed by atoms with Gasteiger partial charge in [-0.05, 0) is 6.26 Å². The summed E-state index contributed by atoms with van der Waals surface area (Å²) in [4.78, 5) is 3.81. The maximum Gasteiger partial charge on any atom is 0.210 e. The molecule has 10 heavy (non-hydrogen) atoms. The molecule has 6 heteroatoms. The highest BCUT2D eigenvalue weighted by Gasteiger charge is 2.01. The van der Waals surface area contributed by atoms with E-state index in [4.69, 9.17) is 23.2 Å². The molecule has 1 heterocycles. The van der Waals surface area contributed by atoms with Crippen molar-refractivity contribution < 1.29 is 0 Å². The quantitative estimate of drug-likeness (QED) is 0.643. The molecule has 0 saturated carbocycles. The molecule has 1 aromatic heterocycles. The predicted molar refractivity (Wildman–Crippen MR) is 41.6 cm³/mol. The van der Waals surface area contributed by atoms with Gasteiger partial charge in [-0.25, -0.2) is 4.98 Å². The van der Waals surface area contributed by atoms with Crippen LogP contribution in [0.5, 0.6) is 0 Å². The van der Waals surface area contributed by atoms with Crippen LogP contribution in [0.3, 0.4) is 0 Å². The molecule has 0 amide bonds. The molecular weight excluding hydrogens is 193 g/mol. The first-order valence-corrected chi connectivity index (χ1v) is 4.32. The van der Waals surface area contributed by atoms with Crippen LogP contribution in [0.2, 0.25) is 10.3 Å². The van der Waals surface area contributed by atoms with E-state index in [0.717, 1.165) is 0 Å². The second-order valence-corrected chi connectivity index (χ2v) is 2.87. The first kappa shape index (κ1) is 8.04. The van der Waals surface area contributed by atoms with E-state index in [2.05, 4.69) is 15.2 Å². The van der Waals surface area contributed by atoms with Gasteiger partial charge in [0.2, 0.25) is 5.16 Å². The fraction of sp³-hybridized carbons (Fsp3) is 0.250. The molecule has 3 nitrogen and oxygen atoms in total. The molecule has 0 aromatic carbocycles. The van der Waals surface area contributed by atoms with Crippen LogP contribution in [-0.4, -0.2) is 21.4 Å². The molecule has 0 unspecified atom stereocenters. The summed E-state index contributed by atoms with van der Waals surface area (Å²) in [5.41, 5.74) is 0. The number of hydrogen-bond acceptors (Lipinski definition) is 4. The lowest BCUT2D eigenvalue weighted by molar-refractivity contribution is 0.841. The standard InChI is InChI=1S/C4H3Cl2N3S/c1-10-4-7-2(5)3(6)8-9-4/h1H3. The summed E-state index contributed by atoms with van der Waals surface area (Å²) >= 11 is 12.4. The largest absolute Gasteiger partial charge is 0.210 e. The summed E-state index contributed by atoms with van der Waals surface area (Å²) in [7, 11) is 0. The van der Waals surface area contributed by atoms with Gasteiger partial charge in [0.1, 0.15) is 0 Å². The van der Waals surface area contributed by atoms with Gasteiger partial charge >= 0.3 is 0 Å². The van der Waals surface area contributed by atoms with Crippen LogP contribution >= 0.6 is 35.0 Å². The minimum Gasteiger partial charge on any atom is -0.206 e. The Morgan fingerprint density at radius 1 is 1.20 bits per heavy atom. The van der Waals surface area contributed by atoms with Gasteiger partial charge in [-0.15, -0.1) is 10.2 Å². The monoisotopic (exact) mass is 195 g/mol. The Labute approximate surface area is 72.2 Å². The van der Waals surface area contributed by atoms with Crippen LogP contribution in [0, 0.1) is 0 Å². The Kier molecular flexibility index (Phi) is 2.71. The molecule has 0 fully saturated rings. The smallest absolute Gasteiger partial charge is 0.206 e. The Hall–Kier alpha value is -0.0600. The fourth-order valence-corrected chi connectivity index (χ4v) is 0.920. The summed E-state index contributed by atoms with van der Waals surface area (Å²) in [5.74, 6) is 0. The SMILES string of the molecule is CSc1nnc(Cl)c(Cl)n1. The molecule has 0 aliphatic rings. The average Bonchev–Trinajstić information content (AvgIpc) is 1.95. The summed E-state index contributed by atoms with van der Waals surface area (Å²) < 4.78 is 0. The molecule has 0 bridgehead atoms. The molecule has 0 aliphatic carbocycles. The second kappa shape index (κ2) is 3.37. The Balaban J connectivity index is 3.04. The van der Waals surface area contributed by atoms with Crippen molar-refractivity contribution >= 4 is 35.0 Å². The van der Waals surface area contributed by atoms with E-state index in [1.165, 1.54) is 11.8 Å². The van der Waals surface area contributed by atoms with Gasteiger partial charge in [-0.3, -0.25) is 0 Å². The van der Waals surface area contributed by atoms with Crippen LogP contribution in [0.15, 0.2) is 5.16 Å². The van der Waals surface area contributed by atoms with Crippen molar-refractivity contribution in [1.82, 2.24) is 15.2 Å². The van der Waals surface area contributed by atoms with E-state index in [-0.39, 0.29) is 10.3 Å². The average molecular weight is 196 g/mol. The number of thioether (sulfide) groups is 1. The Morgan fingerprint density at radius 2 is 1.90 bits per heavy atom. The zero-order chi connectivity index (χ0) is 7.56. The molecular formula is C4H3Cl2N3S. The lowest BCUT2D eigenvalue weighted by Crippen LogP contribution is -1.90. The lowest BCUT2D eigenvalue weighted by Gasteiger charge is -1.93. The third-order valence-electron chi connectivity index (χ3n) is 0.770. The molecule has 1 rings (SSSR count). The first-order valence-electron chi connectivity index (χ1n) is 2.33. The Morgan fingerprint density at radius 3 is 2.40 bits per heavy atom. The zero-order valence-electron chi connectivity index (χ0n) is 5.01. The normalized spacial score (nSPS) is 9.90. The van der Waals surface area contributed by atoms with Crippen LogP contribution in [-0.2, 0) is 0 Å². The van der Waals surface area contributed by atoms with E-state index in [1.807, 2.05) is 6.26 Å². The van der Waals surface area contributed by atoms with E-state index in [1.54, 1.807) is 0 Å². The van der Waals surface area contributed by atoms with Crippen LogP contribution in [0.1, 0.15) is 0 Å². The van der Waals surface area contributed by atoms with Crippen molar-refractivity contribution in [3.8, 4) is 0 Å². The van der Waals surface area contributed by atoms with Crippen molar-refractivity contribution in [1.29, 1.82) is 0 Å². The van der Waals surface area contributed by atoms with Crippen LogP contribution < -0.4 is 0 Å². The van der Waals surface area contributed by atoms with Crippen molar-refractivity contribution in [2.45, 2.75) is 5.16 Å². The fourth-order valence-electron chi connectivity index (χ4n) is 0.367. The molecule has 0 radical (unpaired) electrons. The van der Waals surface area contributed by atoms with Gasteiger partial charge in [0.15, 0.2) is 10.3 Å². The van der Waals surface area contributed by atoms with Crippen LogP contribution in [0.25, 0.3) is 0 Å². The van der Waals surface area contributed by atoms with Gasteiger partial charge < -0.3 is 0 Å². The minimum atomic E-state index is 0.138. The summed E-state index contributed by atoms with van der Waals surface area (Å²) in [6.45, 7) is 0. The number of aromatic nitrogens is 3. The third-order valence-corrected chi connectivity index (χ3v) is 1.92. The van der Waals surface area contributed by atoms with Crippen molar-refractivity contribution in [2.24, 2.45) is 0 Å². The molecule has 0 saturated heterocycles. The number of rotatable bonds is 1. The van der Waals surface area contributed by atoms with E-state index >= 15 is 0 Å². The minimum absolute atomic E-state index is 0.138. The highest BCUT2D eigenvalue weighted by molar-refractivity contribution is 7.98. The van der Waals surface area contributed by atoms with Gasteiger partial charge in [0.05, 0.1) is 0 Å². The van der Waals surface area contributed by atoms with Gasteiger partial charge in [-0.1, -0.05) is 35.0 Å². The summed E-state index contributed by atoms with van der Waals surface area (Å²) in [6.07, 6.45) is 1.83. The first-order chi connectivity index (χ1) is 4.74. The maximum absolute atomic E-state index is 5.53. The van der Waals surface area contributed by atoms with Gasteiger partial charge in [0.25, 0.3) is 0 Å². The topological polar surface area (TPSA) is 38.7 Å². The predicted octanol–water partition coefficient (Wildman–Crippen LogP) is 1.90. The van der Waals surface area contributed by atoms with Gasteiger partial charge in [-0.2, -0.15) is 0 Å². The van der Waals surface area contributed by atoms with E-state index in [0.29, 0.717) is 5.16 Å². The van der Waals surface area contributed by atoms with Gasteiger partial charge in [0, 0.05) is 0 Å². The molecule has 0 spiro atoms. The molecule has 0 atom stereocenters. The Bertz CT molecular complexity index is 242. The highest BCUT2D eigenvalue weighted by Crippen LogP contribution is 2.17. The van der Waals surface area contributed by atoms with Crippen molar-refractivity contribution in [3.05, 3.63) is 10.3 Å². The third kappa shape index (κ3) is 1.71. The van der Waals surface area contributed by atoms with Crippen molar-refractivity contribution in [3.63, 3.8) is 0 Å². The van der Waals surface area contributed by atoms with Crippen molar-refractivity contribution in [2.75, 3.05) is 6.26 Å². The molecule has 54 valence electrons. The maximum atomic E-state index is 5.53. The number of halogens is 2. The van der Waals surface area contributed by atoms with Crippen LogP contribution in [0.4, 0.5) is 0 Å². The van der Waals surface area contributed by atoms with E-state index in [9.17, 15) is 0 Å². The molecule has 1 aromatic rings. The summed E-state index contributed by atoms with van der Waals surface area (Å²) in [5, 5.41) is 8.05. The number of hydrogen-bond donors (Lipinski definition) is 0. The summed E-state index contributed by atoms with van der Waals surface area (Å²) in [6, 6.07) is 0. The highest BCUT2D eigenvalue weighted by atomic mass is 35.5. The number of nitrogens with zero attached hydrogens (tertiary/aromatic N) is 3. The molecule has 0 N–H and O–H groups in total. The lowest BCUT2D eigenvalue weighted by atomic mass is 10.9. The second-order valence-electron chi connectivity index (χ2n) is 1.38. The molecule has 0 aliphatic heterocycles. The van der Waals surface area contributed by atoms with E-state index < -0.39 is 0 Å².